The van der Waals surface area contributed by atoms with E-state index in [4.69, 9.17) is 28.4 Å². The molecular formula is C18H16O7. The summed E-state index contributed by atoms with van der Waals surface area (Å²) in [5.74, 6) is 2.38. The largest absolute Gasteiger partial charge is 0.454 e. The van der Waals surface area contributed by atoms with Crippen LogP contribution >= 0.6 is 0 Å². The molecule has 1 saturated heterocycles. The average molecular weight is 344 g/mol. The fourth-order valence-corrected chi connectivity index (χ4v) is 3.28. The third kappa shape index (κ3) is 2.39. The summed E-state index contributed by atoms with van der Waals surface area (Å²) in [4.78, 5) is 0. The Morgan fingerprint density at radius 2 is 1.56 bits per heavy atom. The van der Waals surface area contributed by atoms with Crippen LogP contribution in [-0.2, 0) is 9.47 Å². The first-order valence-electron chi connectivity index (χ1n) is 8.04. The van der Waals surface area contributed by atoms with E-state index in [1.807, 2.05) is 6.07 Å². The summed E-state index contributed by atoms with van der Waals surface area (Å²) in [6.07, 6.45) is -1.48. The molecule has 0 amide bonds. The van der Waals surface area contributed by atoms with E-state index in [0.29, 0.717) is 47.3 Å². The predicted octanol–water partition coefficient (Wildman–Crippen LogP) is 2.27. The van der Waals surface area contributed by atoms with Crippen LogP contribution in [0.5, 0.6) is 23.0 Å². The summed E-state index contributed by atoms with van der Waals surface area (Å²) >= 11 is 0. The molecule has 0 bridgehead atoms. The highest BCUT2D eigenvalue weighted by molar-refractivity contribution is 5.57. The second-order valence-corrected chi connectivity index (χ2v) is 5.89. The lowest BCUT2D eigenvalue weighted by Gasteiger charge is -2.21. The van der Waals surface area contributed by atoms with E-state index in [9.17, 15) is 5.11 Å². The molecule has 0 saturated carbocycles. The van der Waals surface area contributed by atoms with Gasteiger partial charge in [0.25, 0.3) is 0 Å². The van der Waals surface area contributed by atoms with Crippen LogP contribution in [-0.4, -0.2) is 31.9 Å². The summed E-state index contributed by atoms with van der Waals surface area (Å²) in [6.45, 7) is 1.32. The summed E-state index contributed by atoms with van der Waals surface area (Å²) in [5, 5.41) is 11.1. The molecule has 1 atom stereocenters. The fraction of sp³-hybridized carbons (Fsp3) is 0.333. The summed E-state index contributed by atoms with van der Waals surface area (Å²) in [6, 6.07) is 8.99. The Morgan fingerprint density at radius 3 is 2.44 bits per heavy atom. The zero-order valence-corrected chi connectivity index (χ0v) is 13.3. The number of ether oxygens (including phenoxy) is 6. The molecule has 7 heteroatoms. The molecule has 130 valence electrons. The summed E-state index contributed by atoms with van der Waals surface area (Å²) in [7, 11) is 0. The monoisotopic (exact) mass is 344 g/mol. The van der Waals surface area contributed by atoms with Gasteiger partial charge >= 0.3 is 0 Å². The number of aliphatic hydroxyl groups is 1. The minimum Gasteiger partial charge on any atom is -0.454 e. The van der Waals surface area contributed by atoms with Crippen molar-refractivity contribution in [1.29, 1.82) is 0 Å². The molecular weight excluding hydrogens is 328 g/mol. The van der Waals surface area contributed by atoms with Gasteiger partial charge in [0.1, 0.15) is 6.10 Å². The van der Waals surface area contributed by atoms with Crippen LogP contribution in [0.25, 0.3) is 0 Å². The minimum absolute atomic E-state index is 0.117. The molecule has 2 aromatic carbocycles. The highest BCUT2D eigenvalue weighted by atomic mass is 16.7. The van der Waals surface area contributed by atoms with Crippen LogP contribution < -0.4 is 18.9 Å². The first kappa shape index (κ1) is 14.8. The van der Waals surface area contributed by atoms with E-state index in [2.05, 4.69) is 0 Å². The van der Waals surface area contributed by atoms with Crippen molar-refractivity contribution in [3.63, 3.8) is 0 Å². The van der Waals surface area contributed by atoms with Crippen molar-refractivity contribution >= 4 is 0 Å². The van der Waals surface area contributed by atoms with Gasteiger partial charge in [0.2, 0.25) is 13.6 Å². The maximum Gasteiger partial charge on any atom is 0.231 e. The normalized spacial score (nSPS) is 19.4. The molecule has 5 rings (SSSR count). The van der Waals surface area contributed by atoms with E-state index in [0.717, 1.165) is 5.56 Å². The van der Waals surface area contributed by atoms with Gasteiger partial charge in [-0.1, -0.05) is 6.07 Å². The molecule has 3 aliphatic heterocycles. The van der Waals surface area contributed by atoms with Gasteiger partial charge in [0.15, 0.2) is 29.3 Å². The molecule has 0 aromatic heterocycles. The number of hydrogen-bond donors (Lipinski definition) is 1. The van der Waals surface area contributed by atoms with Gasteiger partial charge in [-0.3, -0.25) is 0 Å². The Bertz CT molecular complexity index is 813. The Kier molecular flexibility index (Phi) is 3.44. The number of fused-ring (bicyclic) bond motifs is 2. The molecule has 0 aliphatic carbocycles. The molecule has 25 heavy (non-hydrogen) atoms. The van der Waals surface area contributed by atoms with Crippen LogP contribution in [0.15, 0.2) is 30.3 Å². The van der Waals surface area contributed by atoms with Crippen molar-refractivity contribution in [2.75, 3.05) is 26.8 Å². The molecule has 2 aromatic rings. The first-order chi connectivity index (χ1) is 12.3. The van der Waals surface area contributed by atoms with Crippen LogP contribution in [0, 0.1) is 0 Å². The predicted molar refractivity (Wildman–Crippen MR) is 83.8 cm³/mol. The first-order valence-corrected chi connectivity index (χ1v) is 8.04. The highest BCUT2D eigenvalue weighted by Gasteiger charge is 2.32. The summed E-state index contributed by atoms with van der Waals surface area (Å²) < 4.78 is 33.1. The molecule has 7 nitrogen and oxygen atoms in total. The maximum atomic E-state index is 11.1. The third-order valence-electron chi connectivity index (χ3n) is 4.47. The molecule has 1 fully saturated rings. The standard InChI is InChI=1S/C18H16O7/c19-16(10-1-3-12-14(7-10)24-8-22-12)15-11(18-20-5-6-21-18)2-4-13-17(15)25-9-23-13/h1-4,7,16,18-19H,5-6,8-9H2. The Hall–Kier alpha value is -2.48. The molecule has 1 unspecified atom stereocenters. The van der Waals surface area contributed by atoms with Crippen molar-refractivity contribution in [3.8, 4) is 23.0 Å². The van der Waals surface area contributed by atoms with E-state index in [1.165, 1.54) is 0 Å². The summed E-state index contributed by atoms with van der Waals surface area (Å²) in [5.41, 5.74) is 1.97. The minimum atomic E-state index is -0.950. The smallest absolute Gasteiger partial charge is 0.231 e. The molecule has 3 heterocycles. The Labute approximate surface area is 143 Å². The van der Waals surface area contributed by atoms with Crippen molar-refractivity contribution in [1.82, 2.24) is 0 Å². The lowest BCUT2D eigenvalue weighted by molar-refractivity contribution is -0.0458. The molecule has 0 radical (unpaired) electrons. The van der Waals surface area contributed by atoms with E-state index in [1.54, 1.807) is 24.3 Å². The van der Waals surface area contributed by atoms with Crippen molar-refractivity contribution in [3.05, 3.63) is 47.0 Å². The number of aliphatic hydroxyl groups excluding tert-OH is 1. The maximum absolute atomic E-state index is 11.1. The quantitative estimate of drug-likeness (QED) is 0.915. The van der Waals surface area contributed by atoms with E-state index >= 15 is 0 Å². The Balaban J connectivity index is 1.61. The van der Waals surface area contributed by atoms with Gasteiger partial charge < -0.3 is 33.5 Å². The average Bonchev–Trinajstić information content (AvgIpc) is 3.40. The number of benzene rings is 2. The van der Waals surface area contributed by atoms with Gasteiger partial charge in [0.05, 0.1) is 13.2 Å². The van der Waals surface area contributed by atoms with Gasteiger partial charge in [-0.25, -0.2) is 0 Å². The second-order valence-electron chi connectivity index (χ2n) is 5.89. The Morgan fingerprint density at radius 1 is 0.840 bits per heavy atom. The van der Waals surface area contributed by atoms with Crippen LogP contribution in [0.2, 0.25) is 0 Å². The topological polar surface area (TPSA) is 75.6 Å². The highest BCUT2D eigenvalue weighted by Crippen LogP contribution is 2.46. The van der Waals surface area contributed by atoms with Gasteiger partial charge in [-0.2, -0.15) is 0 Å². The molecule has 0 spiro atoms. The van der Waals surface area contributed by atoms with Gasteiger partial charge in [0, 0.05) is 11.1 Å². The second kappa shape index (κ2) is 5.80. The SMILES string of the molecule is OC(c1ccc2c(c1)OCO2)c1c(C2OCCO2)ccc2c1OCO2. The third-order valence-corrected chi connectivity index (χ3v) is 4.47. The van der Waals surface area contributed by atoms with Crippen LogP contribution in [0.3, 0.4) is 0 Å². The lowest BCUT2D eigenvalue weighted by atomic mass is 9.94. The van der Waals surface area contributed by atoms with Crippen molar-refractivity contribution in [2.24, 2.45) is 0 Å². The fourth-order valence-electron chi connectivity index (χ4n) is 3.28. The van der Waals surface area contributed by atoms with E-state index in [-0.39, 0.29) is 13.6 Å². The van der Waals surface area contributed by atoms with Gasteiger partial charge in [-0.05, 0) is 29.8 Å². The number of rotatable bonds is 3. The van der Waals surface area contributed by atoms with Crippen molar-refractivity contribution in [2.45, 2.75) is 12.4 Å². The zero-order chi connectivity index (χ0) is 16.8. The molecule has 3 aliphatic rings. The van der Waals surface area contributed by atoms with Crippen molar-refractivity contribution < 1.29 is 33.5 Å². The lowest BCUT2D eigenvalue weighted by Crippen LogP contribution is -2.10. The van der Waals surface area contributed by atoms with Crippen LogP contribution in [0.1, 0.15) is 29.1 Å². The van der Waals surface area contributed by atoms with E-state index < -0.39 is 12.4 Å². The zero-order valence-electron chi connectivity index (χ0n) is 13.3. The molecule has 1 N–H and O–H groups in total. The van der Waals surface area contributed by atoms with Crippen LogP contribution in [0.4, 0.5) is 0 Å². The van der Waals surface area contributed by atoms with Gasteiger partial charge in [-0.15, -0.1) is 0 Å². The number of hydrogen-bond acceptors (Lipinski definition) is 7.